The standard InChI is InChI=1S/C13H18N2OS/c1-3-9-13(2)12(16)15(17-14-13)10-11-7-5-4-6-8-11/h4-8,14H,3,9-10H2,1-2H3. The van der Waals surface area contributed by atoms with Gasteiger partial charge in [-0.1, -0.05) is 43.7 Å². The zero-order chi connectivity index (χ0) is 12.3. The van der Waals surface area contributed by atoms with Crippen LogP contribution in [0.2, 0.25) is 0 Å². The van der Waals surface area contributed by atoms with E-state index in [2.05, 4.69) is 11.6 Å². The Balaban J connectivity index is 2.03. The molecule has 0 spiro atoms. The molecule has 1 saturated heterocycles. The van der Waals surface area contributed by atoms with Gasteiger partial charge in [0.15, 0.2) is 0 Å². The van der Waals surface area contributed by atoms with E-state index in [-0.39, 0.29) is 5.91 Å². The third-order valence-electron chi connectivity index (χ3n) is 3.00. The molecule has 1 amide bonds. The van der Waals surface area contributed by atoms with Gasteiger partial charge in [-0.25, -0.2) is 4.72 Å². The minimum absolute atomic E-state index is 0.188. The van der Waals surface area contributed by atoms with Gasteiger partial charge in [-0.05, 0) is 18.9 Å². The maximum absolute atomic E-state index is 12.3. The molecule has 17 heavy (non-hydrogen) atoms. The quantitative estimate of drug-likeness (QED) is 0.834. The molecule has 1 aromatic carbocycles. The summed E-state index contributed by atoms with van der Waals surface area (Å²) in [6.45, 7) is 4.75. The summed E-state index contributed by atoms with van der Waals surface area (Å²) in [6, 6.07) is 10.1. The van der Waals surface area contributed by atoms with Crippen molar-refractivity contribution in [1.29, 1.82) is 0 Å². The summed E-state index contributed by atoms with van der Waals surface area (Å²) in [5.74, 6) is 0.188. The topological polar surface area (TPSA) is 32.3 Å². The molecule has 1 fully saturated rings. The zero-order valence-electron chi connectivity index (χ0n) is 10.3. The van der Waals surface area contributed by atoms with E-state index in [4.69, 9.17) is 0 Å². The molecule has 1 heterocycles. The van der Waals surface area contributed by atoms with Gasteiger partial charge in [0.2, 0.25) is 0 Å². The number of rotatable bonds is 4. The van der Waals surface area contributed by atoms with Crippen LogP contribution in [0.4, 0.5) is 0 Å². The molecular formula is C13H18N2OS. The number of nitrogens with zero attached hydrogens (tertiary/aromatic N) is 1. The number of hydrogen-bond donors (Lipinski definition) is 1. The van der Waals surface area contributed by atoms with Gasteiger partial charge in [-0.3, -0.25) is 9.10 Å². The maximum Gasteiger partial charge on any atom is 0.254 e. The first-order valence-electron chi connectivity index (χ1n) is 5.96. The fourth-order valence-electron chi connectivity index (χ4n) is 2.03. The molecule has 2 rings (SSSR count). The van der Waals surface area contributed by atoms with Crippen LogP contribution >= 0.6 is 12.1 Å². The fraction of sp³-hybridized carbons (Fsp3) is 0.462. The second-order valence-electron chi connectivity index (χ2n) is 4.60. The first-order chi connectivity index (χ1) is 8.15. The van der Waals surface area contributed by atoms with E-state index in [1.165, 1.54) is 12.1 Å². The number of carbonyl (C=O) groups is 1. The Morgan fingerprint density at radius 2 is 2.06 bits per heavy atom. The normalized spacial score (nSPS) is 24.4. The Morgan fingerprint density at radius 1 is 1.35 bits per heavy atom. The van der Waals surface area contributed by atoms with Crippen molar-refractivity contribution in [1.82, 2.24) is 9.03 Å². The molecule has 1 atom stereocenters. The summed E-state index contributed by atoms with van der Waals surface area (Å²) in [6.07, 6.45) is 1.89. The Bertz CT molecular complexity index is 396. The molecule has 3 nitrogen and oxygen atoms in total. The van der Waals surface area contributed by atoms with Crippen LogP contribution in [0, 0.1) is 0 Å². The van der Waals surface area contributed by atoms with Crippen molar-refractivity contribution < 1.29 is 4.79 Å². The van der Waals surface area contributed by atoms with Crippen LogP contribution in [-0.4, -0.2) is 15.8 Å². The average Bonchev–Trinajstić information content (AvgIpc) is 2.60. The van der Waals surface area contributed by atoms with Crippen molar-refractivity contribution in [3.05, 3.63) is 35.9 Å². The largest absolute Gasteiger partial charge is 0.272 e. The summed E-state index contributed by atoms with van der Waals surface area (Å²) < 4.78 is 5.06. The highest BCUT2D eigenvalue weighted by Crippen LogP contribution is 2.31. The van der Waals surface area contributed by atoms with Crippen molar-refractivity contribution in [3.63, 3.8) is 0 Å². The Labute approximate surface area is 107 Å². The predicted molar refractivity (Wildman–Crippen MR) is 71.0 cm³/mol. The number of amides is 1. The molecule has 92 valence electrons. The van der Waals surface area contributed by atoms with Gasteiger partial charge in [0.25, 0.3) is 5.91 Å². The van der Waals surface area contributed by atoms with Crippen molar-refractivity contribution in [2.45, 2.75) is 38.8 Å². The zero-order valence-corrected chi connectivity index (χ0v) is 11.1. The lowest BCUT2D eigenvalue weighted by molar-refractivity contribution is -0.130. The van der Waals surface area contributed by atoms with Gasteiger partial charge in [0, 0.05) is 12.1 Å². The van der Waals surface area contributed by atoms with E-state index in [1.807, 2.05) is 41.6 Å². The maximum atomic E-state index is 12.3. The summed E-state index contributed by atoms with van der Waals surface area (Å²) >= 11 is 1.43. The van der Waals surface area contributed by atoms with E-state index in [9.17, 15) is 4.79 Å². The number of carbonyl (C=O) groups excluding carboxylic acids is 1. The van der Waals surface area contributed by atoms with Crippen LogP contribution < -0.4 is 4.72 Å². The molecule has 1 N–H and O–H groups in total. The molecule has 0 radical (unpaired) electrons. The third-order valence-corrected chi connectivity index (χ3v) is 4.06. The molecule has 1 aliphatic rings. The number of nitrogens with one attached hydrogen (secondary N) is 1. The molecule has 1 aromatic rings. The minimum Gasteiger partial charge on any atom is -0.272 e. The van der Waals surface area contributed by atoms with Crippen LogP contribution in [-0.2, 0) is 11.3 Å². The van der Waals surface area contributed by atoms with E-state index < -0.39 is 5.54 Å². The second-order valence-corrected chi connectivity index (χ2v) is 5.43. The van der Waals surface area contributed by atoms with Crippen LogP contribution in [0.25, 0.3) is 0 Å². The predicted octanol–water partition coefficient (Wildman–Crippen LogP) is 2.74. The number of hydrogen-bond acceptors (Lipinski definition) is 3. The van der Waals surface area contributed by atoms with Gasteiger partial charge < -0.3 is 0 Å². The molecule has 0 bridgehead atoms. The van der Waals surface area contributed by atoms with Crippen LogP contribution in [0.5, 0.6) is 0 Å². The Hall–Kier alpha value is -1.00. The van der Waals surface area contributed by atoms with Gasteiger partial charge in [-0.15, -0.1) is 0 Å². The van der Waals surface area contributed by atoms with Gasteiger partial charge in [-0.2, -0.15) is 0 Å². The van der Waals surface area contributed by atoms with E-state index in [0.717, 1.165) is 18.4 Å². The van der Waals surface area contributed by atoms with Crippen LogP contribution in [0.1, 0.15) is 32.3 Å². The van der Waals surface area contributed by atoms with E-state index in [1.54, 1.807) is 0 Å². The lowest BCUT2D eigenvalue weighted by atomic mass is 9.96. The van der Waals surface area contributed by atoms with E-state index in [0.29, 0.717) is 6.54 Å². The molecule has 0 saturated carbocycles. The second kappa shape index (κ2) is 5.10. The lowest BCUT2D eigenvalue weighted by Crippen LogP contribution is -2.43. The monoisotopic (exact) mass is 250 g/mol. The summed E-state index contributed by atoms with van der Waals surface area (Å²) in [7, 11) is 0. The fourth-order valence-corrected chi connectivity index (χ4v) is 3.03. The van der Waals surface area contributed by atoms with Crippen LogP contribution in [0.3, 0.4) is 0 Å². The summed E-state index contributed by atoms with van der Waals surface area (Å²) in [5, 5.41) is 0. The van der Waals surface area contributed by atoms with Gasteiger partial charge >= 0.3 is 0 Å². The highest BCUT2D eigenvalue weighted by atomic mass is 32.2. The van der Waals surface area contributed by atoms with Crippen molar-refractivity contribution in [2.24, 2.45) is 0 Å². The highest BCUT2D eigenvalue weighted by Gasteiger charge is 2.42. The Kier molecular flexibility index (Phi) is 3.74. The first kappa shape index (κ1) is 12.5. The van der Waals surface area contributed by atoms with Crippen LogP contribution in [0.15, 0.2) is 30.3 Å². The lowest BCUT2D eigenvalue weighted by Gasteiger charge is -2.20. The van der Waals surface area contributed by atoms with Crippen molar-refractivity contribution >= 4 is 18.0 Å². The molecule has 0 aliphatic carbocycles. The average molecular weight is 250 g/mol. The molecule has 0 aromatic heterocycles. The summed E-state index contributed by atoms with van der Waals surface area (Å²) in [4.78, 5) is 12.3. The van der Waals surface area contributed by atoms with Gasteiger partial charge in [0.1, 0.15) is 5.54 Å². The summed E-state index contributed by atoms with van der Waals surface area (Å²) in [5.41, 5.74) is 0.768. The molecule has 4 heteroatoms. The van der Waals surface area contributed by atoms with Crippen molar-refractivity contribution in [2.75, 3.05) is 0 Å². The van der Waals surface area contributed by atoms with Crippen molar-refractivity contribution in [3.8, 4) is 0 Å². The Morgan fingerprint density at radius 3 is 2.71 bits per heavy atom. The molecule has 1 aliphatic heterocycles. The minimum atomic E-state index is -0.395. The SMILES string of the molecule is CCCC1(C)NSN(Cc2ccccc2)C1=O. The number of benzene rings is 1. The van der Waals surface area contributed by atoms with Gasteiger partial charge in [0.05, 0.1) is 6.54 Å². The third kappa shape index (κ3) is 2.64. The van der Waals surface area contributed by atoms with E-state index >= 15 is 0 Å². The smallest absolute Gasteiger partial charge is 0.254 e. The first-order valence-corrected chi connectivity index (χ1v) is 6.73. The highest BCUT2D eigenvalue weighted by molar-refractivity contribution is 7.96. The molecule has 1 unspecified atom stereocenters. The molecular weight excluding hydrogens is 232 g/mol.